The molecule has 0 aromatic carbocycles. The van der Waals surface area contributed by atoms with E-state index >= 15 is 0 Å². The van der Waals surface area contributed by atoms with Crippen molar-refractivity contribution < 1.29 is 9.21 Å². The molecule has 4 heterocycles. The van der Waals surface area contributed by atoms with E-state index in [-0.39, 0.29) is 11.9 Å². The fourth-order valence-electron chi connectivity index (χ4n) is 4.78. The van der Waals surface area contributed by atoms with E-state index in [0.717, 1.165) is 36.6 Å². The van der Waals surface area contributed by atoms with Crippen LogP contribution in [0.2, 0.25) is 0 Å². The van der Waals surface area contributed by atoms with E-state index in [4.69, 9.17) is 9.40 Å². The first-order valence-electron chi connectivity index (χ1n) is 11.0. The second-order valence-electron chi connectivity index (χ2n) is 8.14. The number of piperidine rings is 1. The smallest absolute Gasteiger partial charge is 0.291 e. The third-order valence-corrected chi connectivity index (χ3v) is 7.40. The molecule has 5 rings (SSSR count). The molecule has 0 bridgehead atoms. The Morgan fingerprint density at radius 2 is 1.93 bits per heavy atom. The van der Waals surface area contributed by atoms with Crippen molar-refractivity contribution in [3.8, 4) is 0 Å². The van der Waals surface area contributed by atoms with Crippen LogP contribution in [0, 0.1) is 0 Å². The molecule has 1 N–H and O–H groups in total. The predicted octanol–water partition coefficient (Wildman–Crippen LogP) is 5.44. The van der Waals surface area contributed by atoms with Crippen LogP contribution in [0.1, 0.15) is 70.4 Å². The SMILES string of the molecule is O=C(Nc1sc2c(c1C(c1ccccn1)N1CCCCC1)CCCC2)c1ccco1. The zero-order valence-corrected chi connectivity index (χ0v) is 17.9. The highest BCUT2D eigenvalue weighted by Gasteiger charge is 2.33. The second-order valence-corrected chi connectivity index (χ2v) is 9.24. The zero-order chi connectivity index (χ0) is 20.3. The Balaban J connectivity index is 1.60. The number of nitrogens with one attached hydrogen (secondary N) is 1. The summed E-state index contributed by atoms with van der Waals surface area (Å²) >= 11 is 1.75. The van der Waals surface area contributed by atoms with Gasteiger partial charge in [0.05, 0.1) is 18.0 Å². The van der Waals surface area contributed by atoms with Crippen LogP contribution in [0.3, 0.4) is 0 Å². The lowest BCUT2D eigenvalue weighted by Crippen LogP contribution is -2.35. The summed E-state index contributed by atoms with van der Waals surface area (Å²) in [6, 6.07) is 9.71. The van der Waals surface area contributed by atoms with E-state index in [1.54, 1.807) is 29.7 Å². The Morgan fingerprint density at radius 1 is 1.07 bits per heavy atom. The van der Waals surface area contributed by atoms with E-state index in [1.807, 2.05) is 12.3 Å². The highest BCUT2D eigenvalue weighted by molar-refractivity contribution is 7.16. The number of likely N-dealkylation sites (tertiary alicyclic amines) is 1. The maximum absolute atomic E-state index is 12.8. The zero-order valence-electron chi connectivity index (χ0n) is 17.1. The standard InChI is InChI=1S/C24H27N3O2S/c28-23(19-11-8-16-29-19)26-24-21(17-9-2-3-12-20(17)30-24)22(18-10-4-5-13-25-18)27-14-6-1-7-15-27/h4-5,8,10-11,13,16,22H,1-3,6-7,9,12,14-15H2,(H,26,28). The van der Waals surface area contributed by atoms with Crippen molar-refractivity contribution in [3.05, 3.63) is 70.3 Å². The van der Waals surface area contributed by atoms with Crippen molar-refractivity contribution in [2.45, 2.75) is 51.0 Å². The Labute approximate surface area is 181 Å². The minimum atomic E-state index is -0.182. The van der Waals surface area contributed by atoms with Gasteiger partial charge in [0.25, 0.3) is 5.91 Å². The van der Waals surface area contributed by atoms with E-state index in [9.17, 15) is 4.79 Å². The van der Waals surface area contributed by atoms with Crippen LogP contribution >= 0.6 is 11.3 Å². The summed E-state index contributed by atoms with van der Waals surface area (Å²) in [4.78, 5) is 21.6. The normalized spacial score (nSPS) is 18.0. The molecular formula is C24H27N3O2S. The number of anilines is 1. The van der Waals surface area contributed by atoms with E-state index < -0.39 is 0 Å². The molecule has 30 heavy (non-hydrogen) atoms. The van der Waals surface area contributed by atoms with Crippen LogP contribution in [0.4, 0.5) is 5.00 Å². The van der Waals surface area contributed by atoms with Crippen LogP contribution in [0.15, 0.2) is 47.2 Å². The van der Waals surface area contributed by atoms with E-state index in [0.29, 0.717) is 5.76 Å². The average Bonchev–Trinajstić information content (AvgIpc) is 3.45. The molecule has 2 aliphatic rings. The molecule has 0 spiro atoms. The minimum Gasteiger partial charge on any atom is -0.459 e. The molecule has 1 aliphatic heterocycles. The molecule has 3 aromatic heterocycles. The average molecular weight is 422 g/mol. The molecule has 1 aliphatic carbocycles. The third kappa shape index (κ3) is 3.82. The van der Waals surface area contributed by atoms with Gasteiger partial charge in [-0.25, -0.2) is 0 Å². The molecule has 156 valence electrons. The van der Waals surface area contributed by atoms with Crippen molar-refractivity contribution in [2.75, 3.05) is 18.4 Å². The summed E-state index contributed by atoms with van der Waals surface area (Å²) in [7, 11) is 0. The highest BCUT2D eigenvalue weighted by atomic mass is 32.1. The van der Waals surface area contributed by atoms with Gasteiger partial charge in [-0.2, -0.15) is 0 Å². The van der Waals surface area contributed by atoms with Gasteiger partial charge in [-0.05, 0) is 81.4 Å². The largest absolute Gasteiger partial charge is 0.459 e. The van der Waals surface area contributed by atoms with E-state index in [1.165, 1.54) is 48.1 Å². The third-order valence-electron chi connectivity index (χ3n) is 6.18. The highest BCUT2D eigenvalue weighted by Crippen LogP contribution is 2.45. The Morgan fingerprint density at radius 3 is 2.70 bits per heavy atom. The fraction of sp³-hybridized carbons (Fsp3) is 0.417. The van der Waals surface area contributed by atoms with Crippen molar-refractivity contribution in [1.29, 1.82) is 0 Å². The Bertz CT molecular complexity index is 991. The quantitative estimate of drug-likeness (QED) is 0.596. The first-order chi connectivity index (χ1) is 14.8. The number of thiophene rings is 1. The molecule has 1 amide bonds. The topological polar surface area (TPSA) is 58.4 Å². The van der Waals surface area contributed by atoms with Gasteiger partial charge in [0.2, 0.25) is 0 Å². The number of amides is 1. The van der Waals surface area contributed by atoms with Crippen molar-refractivity contribution >= 4 is 22.2 Å². The lowest BCUT2D eigenvalue weighted by atomic mass is 9.89. The number of carbonyl (C=O) groups is 1. The molecule has 1 fully saturated rings. The number of furan rings is 1. The summed E-state index contributed by atoms with van der Waals surface area (Å²) in [6.45, 7) is 2.13. The van der Waals surface area contributed by atoms with Gasteiger partial charge in [0.15, 0.2) is 5.76 Å². The number of hydrogen-bond donors (Lipinski definition) is 1. The molecule has 3 aromatic rings. The van der Waals surface area contributed by atoms with Gasteiger partial charge in [0.1, 0.15) is 5.00 Å². The fourth-order valence-corrected chi connectivity index (χ4v) is 6.09. The number of rotatable bonds is 5. The maximum Gasteiger partial charge on any atom is 0.291 e. The van der Waals surface area contributed by atoms with Crippen molar-refractivity contribution in [1.82, 2.24) is 9.88 Å². The summed E-state index contributed by atoms with van der Waals surface area (Å²) in [5.74, 6) is 0.165. The number of nitrogens with zero attached hydrogens (tertiary/aromatic N) is 2. The van der Waals surface area contributed by atoms with Gasteiger partial charge in [-0.3, -0.25) is 14.7 Å². The van der Waals surface area contributed by atoms with Gasteiger partial charge in [0, 0.05) is 16.6 Å². The number of aryl methyl sites for hydroxylation is 1. The molecule has 1 saturated heterocycles. The number of carbonyl (C=O) groups excluding carboxylic acids is 1. The second kappa shape index (κ2) is 8.74. The lowest BCUT2D eigenvalue weighted by Gasteiger charge is -2.35. The minimum absolute atomic E-state index is 0.0801. The number of hydrogen-bond acceptors (Lipinski definition) is 5. The van der Waals surface area contributed by atoms with Crippen LogP contribution in [-0.2, 0) is 12.8 Å². The molecule has 1 atom stereocenters. The van der Waals surface area contributed by atoms with Crippen LogP contribution in [0.25, 0.3) is 0 Å². The van der Waals surface area contributed by atoms with Gasteiger partial charge in [-0.1, -0.05) is 12.5 Å². The van der Waals surface area contributed by atoms with Crippen LogP contribution in [0.5, 0.6) is 0 Å². The summed E-state index contributed by atoms with van der Waals surface area (Å²) in [6.07, 6.45) is 11.7. The van der Waals surface area contributed by atoms with Gasteiger partial charge in [-0.15, -0.1) is 11.3 Å². The summed E-state index contributed by atoms with van der Waals surface area (Å²) in [5.41, 5.74) is 3.76. The Hall–Kier alpha value is -2.44. The first kappa shape index (κ1) is 19.5. The number of pyridine rings is 1. The molecule has 6 heteroatoms. The molecule has 0 saturated carbocycles. The molecule has 1 unspecified atom stereocenters. The monoisotopic (exact) mass is 421 g/mol. The van der Waals surface area contributed by atoms with Crippen molar-refractivity contribution in [3.63, 3.8) is 0 Å². The van der Waals surface area contributed by atoms with Gasteiger partial charge >= 0.3 is 0 Å². The summed E-state index contributed by atoms with van der Waals surface area (Å²) < 4.78 is 5.34. The van der Waals surface area contributed by atoms with Gasteiger partial charge < -0.3 is 9.73 Å². The number of fused-ring (bicyclic) bond motifs is 1. The lowest BCUT2D eigenvalue weighted by molar-refractivity contribution is 0.0996. The predicted molar refractivity (Wildman–Crippen MR) is 119 cm³/mol. The first-order valence-corrected chi connectivity index (χ1v) is 11.8. The van der Waals surface area contributed by atoms with E-state index in [2.05, 4.69) is 22.3 Å². The van der Waals surface area contributed by atoms with Crippen molar-refractivity contribution in [2.24, 2.45) is 0 Å². The molecule has 5 nitrogen and oxygen atoms in total. The van der Waals surface area contributed by atoms with Crippen LogP contribution < -0.4 is 5.32 Å². The van der Waals surface area contributed by atoms with Crippen LogP contribution in [-0.4, -0.2) is 28.9 Å². The number of aromatic nitrogens is 1. The maximum atomic E-state index is 12.8. The molecular weight excluding hydrogens is 394 g/mol. The summed E-state index contributed by atoms with van der Waals surface area (Å²) in [5, 5.41) is 4.15. The Kier molecular flexibility index (Phi) is 5.69. The molecule has 0 radical (unpaired) electrons.